The van der Waals surface area contributed by atoms with Crippen molar-refractivity contribution >= 4 is 28.2 Å². The Morgan fingerprint density at radius 3 is 1.90 bits per heavy atom. The zero-order chi connectivity index (χ0) is 21.8. The lowest BCUT2D eigenvalue weighted by Gasteiger charge is -2.23. The van der Waals surface area contributed by atoms with E-state index in [0.717, 1.165) is 11.4 Å². The summed E-state index contributed by atoms with van der Waals surface area (Å²) in [7, 11) is 0. The van der Waals surface area contributed by atoms with E-state index in [2.05, 4.69) is 130 Å². The zero-order valence-corrected chi connectivity index (χ0v) is 18.9. The van der Waals surface area contributed by atoms with Crippen LogP contribution in [-0.4, -0.2) is 0 Å². The van der Waals surface area contributed by atoms with Gasteiger partial charge in [0.2, 0.25) is 0 Å². The largest absolute Gasteiger partial charge is 0.355 e. The minimum absolute atomic E-state index is 0.436. The van der Waals surface area contributed by atoms with Crippen molar-refractivity contribution in [3.05, 3.63) is 113 Å². The highest BCUT2D eigenvalue weighted by atomic mass is 14.9. The maximum absolute atomic E-state index is 3.79. The molecule has 0 unspecified atom stereocenters. The summed E-state index contributed by atoms with van der Waals surface area (Å²) in [6.45, 7) is 9.11. The van der Waals surface area contributed by atoms with E-state index in [1.165, 1.54) is 33.0 Å². The van der Waals surface area contributed by atoms with Crippen LogP contribution >= 0.6 is 0 Å². The van der Waals surface area contributed by atoms with Crippen LogP contribution in [0.25, 0.3) is 22.5 Å². The van der Waals surface area contributed by atoms with E-state index in [-0.39, 0.29) is 0 Å². The number of hydrogen-bond donors (Lipinski definition) is 1. The van der Waals surface area contributed by atoms with E-state index in [1.54, 1.807) is 0 Å². The molecule has 1 N–H and O–H groups in total. The number of fused-ring (bicyclic) bond motifs is 1. The van der Waals surface area contributed by atoms with Gasteiger partial charge in [-0.2, -0.15) is 0 Å². The Morgan fingerprint density at radius 1 is 0.645 bits per heavy atom. The molecule has 4 aromatic rings. The Labute approximate surface area is 186 Å². The molecular weight excluding hydrogens is 374 g/mol. The molecule has 0 saturated heterocycles. The lowest BCUT2D eigenvalue weighted by Crippen LogP contribution is -2.08. The van der Waals surface area contributed by atoms with E-state index in [0.29, 0.717) is 11.8 Å². The maximum Gasteiger partial charge on any atom is 0.0469 e. The van der Waals surface area contributed by atoms with Crippen LogP contribution in [0.4, 0.5) is 5.69 Å². The highest BCUT2D eigenvalue weighted by Gasteiger charge is 2.18. The molecule has 31 heavy (non-hydrogen) atoms. The Hall–Kier alpha value is -3.32. The van der Waals surface area contributed by atoms with Crippen molar-refractivity contribution in [2.24, 2.45) is 0 Å². The first kappa shape index (κ1) is 20.9. The van der Waals surface area contributed by atoms with Crippen LogP contribution in [0.15, 0.2) is 91.0 Å². The molecule has 0 amide bonds. The topological polar surface area (TPSA) is 12.0 Å². The highest BCUT2D eigenvalue weighted by molar-refractivity contribution is 5.93. The van der Waals surface area contributed by atoms with Gasteiger partial charge in [0.05, 0.1) is 0 Å². The van der Waals surface area contributed by atoms with Crippen molar-refractivity contribution in [2.45, 2.75) is 39.5 Å². The van der Waals surface area contributed by atoms with E-state index >= 15 is 0 Å². The van der Waals surface area contributed by atoms with Crippen LogP contribution in [-0.2, 0) is 0 Å². The molecule has 0 radical (unpaired) electrons. The van der Waals surface area contributed by atoms with Crippen LogP contribution in [0.2, 0.25) is 0 Å². The first-order valence-corrected chi connectivity index (χ1v) is 11.2. The molecule has 4 rings (SSSR count). The average molecular weight is 406 g/mol. The van der Waals surface area contributed by atoms with Crippen molar-refractivity contribution in [3.63, 3.8) is 0 Å². The summed E-state index contributed by atoms with van der Waals surface area (Å²) in [5.41, 5.74) is 7.52. The summed E-state index contributed by atoms with van der Waals surface area (Å²) >= 11 is 0. The van der Waals surface area contributed by atoms with E-state index in [9.17, 15) is 0 Å². The first-order chi connectivity index (χ1) is 15.0. The lowest BCUT2D eigenvalue weighted by molar-refractivity contribution is 0.827. The second-order valence-corrected chi connectivity index (χ2v) is 8.78. The molecule has 0 saturated carbocycles. The van der Waals surface area contributed by atoms with Gasteiger partial charge in [0.1, 0.15) is 0 Å². The van der Waals surface area contributed by atoms with Gasteiger partial charge in [-0.1, -0.05) is 107 Å². The Bertz CT molecular complexity index is 1170. The van der Waals surface area contributed by atoms with Crippen molar-refractivity contribution in [2.75, 3.05) is 5.32 Å². The SMILES string of the molecule is CC(C)c1cccc(C(C)C)c1C(=Cc1ccccc1)Nc1ccc2ccccc2c1. The number of rotatable bonds is 6. The zero-order valence-electron chi connectivity index (χ0n) is 18.9. The molecule has 0 aromatic heterocycles. The summed E-state index contributed by atoms with van der Waals surface area (Å²) in [5.74, 6) is 0.873. The fourth-order valence-electron chi connectivity index (χ4n) is 4.17. The van der Waals surface area contributed by atoms with Gasteiger partial charge in [0, 0.05) is 16.9 Å². The molecule has 0 aliphatic carbocycles. The van der Waals surface area contributed by atoms with Gasteiger partial charge in [-0.05, 0) is 57.5 Å². The molecule has 0 fully saturated rings. The van der Waals surface area contributed by atoms with Gasteiger partial charge < -0.3 is 5.32 Å². The molecular formula is C30H31N. The molecule has 0 bridgehead atoms. The Kier molecular flexibility index (Phi) is 6.23. The fourth-order valence-corrected chi connectivity index (χ4v) is 4.17. The minimum Gasteiger partial charge on any atom is -0.355 e. The number of nitrogens with one attached hydrogen (secondary N) is 1. The number of benzene rings is 4. The molecule has 156 valence electrons. The molecule has 0 heterocycles. The second-order valence-electron chi connectivity index (χ2n) is 8.78. The number of anilines is 1. The van der Waals surface area contributed by atoms with Crippen LogP contribution < -0.4 is 5.32 Å². The van der Waals surface area contributed by atoms with Gasteiger partial charge in [-0.15, -0.1) is 0 Å². The summed E-state index contributed by atoms with van der Waals surface area (Å²) in [6, 6.07) is 32.4. The Balaban J connectivity index is 1.89. The standard InChI is InChI=1S/C30H31N/c1-21(2)27-15-10-16-28(22(3)4)30(27)29(19-23-11-6-5-7-12-23)31-26-18-17-24-13-8-9-14-25(24)20-26/h5-22,31H,1-4H3. The highest BCUT2D eigenvalue weighted by Crippen LogP contribution is 2.35. The summed E-state index contributed by atoms with van der Waals surface area (Å²) < 4.78 is 0. The number of hydrogen-bond acceptors (Lipinski definition) is 1. The van der Waals surface area contributed by atoms with Gasteiger partial charge in [-0.3, -0.25) is 0 Å². The predicted molar refractivity (Wildman–Crippen MR) is 137 cm³/mol. The third-order valence-electron chi connectivity index (χ3n) is 5.78. The fraction of sp³-hybridized carbons (Fsp3) is 0.200. The average Bonchev–Trinajstić information content (AvgIpc) is 2.78. The van der Waals surface area contributed by atoms with Crippen molar-refractivity contribution in [3.8, 4) is 0 Å². The third kappa shape index (κ3) is 4.72. The molecule has 0 aliphatic heterocycles. The molecule has 0 atom stereocenters. The van der Waals surface area contributed by atoms with E-state index in [1.807, 2.05) is 0 Å². The molecule has 0 spiro atoms. The lowest BCUT2D eigenvalue weighted by atomic mass is 9.86. The summed E-state index contributed by atoms with van der Waals surface area (Å²) in [6.07, 6.45) is 2.28. The molecule has 1 heteroatoms. The quantitative estimate of drug-likeness (QED) is 0.316. The Morgan fingerprint density at radius 2 is 1.26 bits per heavy atom. The molecule has 4 aromatic carbocycles. The monoisotopic (exact) mass is 405 g/mol. The third-order valence-corrected chi connectivity index (χ3v) is 5.78. The summed E-state index contributed by atoms with van der Waals surface area (Å²) in [5, 5.41) is 6.29. The van der Waals surface area contributed by atoms with Crippen LogP contribution in [0.3, 0.4) is 0 Å². The smallest absolute Gasteiger partial charge is 0.0469 e. The predicted octanol–water partition coefficient (Wildman–Crippen LogP) is 8.70. The maximum atomic E-state index is 3.79. The van der Waals surface area contributed by atoms with Gasteiger partial charge in [-0.25, -0.2) is 0 Å². The van der Waals surface area contributed by atoms with Crippen molar-refractivity contribution in [1.82, 2.24) is 0 Å². The van der Waals surface area contributed by atoms with Gasteiger partial charge in [0.15, 0.2) is 0 Å². The van der Waals surface area contributed by atoms with E-state index in [4.69, 9.17) is 0 Å². The minimum atomic E-state index is 0.436. The normalized spacial score (nSPS) is 12.0. The van der Waals surface area contributed by atoms with Crippen LogP contribution in [0.5, 0.6) is 0 Å². The van der Waals surface area contributed by atoms with Crippen LogP contribution in [0.1, 0.15) is 61.8 Å². The van der Waals surface area contributed by atoms with Crippen molar-refractivity contribution < 1.29 is 0 Å². The summed E-state index contributed by atoms with van der Waals surface area (Å²) in [4.78, 5) is 0. The van der Waals surface area contributed by atoms with Crippen LogP contribution in [0, 0.1) is 0 Å². The first-order valence-electron chi connectivity index (χ1n) is 11.2. The van der Waals surface area contributed by atoms with Gasteiger partial charge in [0.25, 0.3) is 0 Å². The van der Waals surface area contributed by atoms with E-state index < -0.39 is 0 Å². The van der Waals surface area contributed by atoms with Crippen molar-refractivity contribution in [1.29, 1.82) is 0 Å². The van der Waals surface area contributed by atoms with Gasteiger partial charge >= 0.3 is 0 Å². The second kappa shape index (κ2) is 9.22. The molecule has 1 nitrogen and oxygen atoms in total. The molecule has 0 aliphatic rings.